The highest BCUT2D eigenvalue weighted by Crippen LogP contribution is 2.25. The van der Waals surface area contributed by atoms with Gasteiger partial charge in [-0.1, -0.05) is 12.1 Å². The molecule has 10 heavy (non-hydrogen) atoms. The van der Waals surface area contributed by atoms with Gasteiger partial charge in [0.2, 0.25) is 0 Å². The van der Waals surface area contributed by atoms with Gasteiger partial charge in [-0.3, -0.25) is 0 Å². The number of nitrogens with zero attached hydrogens (tertiary/aromatic N) is 1. The highest BCUT2D eigenvalue weighted by atomic mass is 79.9. The summed E-state index contributed by atoms with van der Waals surface area (Å²) in [6.45, 7) is 0. The maximum atomic E-state index is 4.12. The summed E-state index contributed by atoms with van der Waals surface area (Å²) in [6.07, 6.45) is 1.67. The molecule has 0 bridgehead atoms. The zero-order valence-electron chi connectivity index (χ0n) is 5.13. The summed E-state index contributed by atoms with van der Waals surface area (Å²) in [6, 6.07) is 5.98. The highest BCUT2D eigenvalue weighted by molar-refractivity contribution is 9.10. The van der Waals surface area contributed by atoms with Gasteiger partial charge in [-0.15, -0.1) is 0 Å². The minimum atomic E-state index is 0.988. The van der Waals surface area contributed by atoms with Crippen molar-refractivity contribution in [3.05, 3.63) is 29.1 Å². The van der Waals surface area contributed by atoms with E-state index in [1.807, 2.05) is 18.2 Å². The van der Waals surface area contributed by atoms with E-state index in [9.17, 15) is 0 Å². The average molecular weight is 197 g/mol. The number of aromatic amines is 1. The summed E-state index contributed by atoms with van der Waals surface area (Å²) < 4.78 is 0.988. The fraction of sp³-hybridized carbons (Fsp3) is 0. The summed E-state index contributed by atoms with van der Waals surface area (Å²) in [5.74, 6) is 0. The van der Waals surface area contributed by atoms with Crippen LogP contribution < -0.4 is 0 Å². The van der Waals surface area contributed by atoms with Crippen LogP contribution in [0.1, 0.15) is 0 Å². The molecule has 1 heterocycles. The number of nitrogens with one attached hydrogen (secondary N) is 1. The predicted molar refractivity (Wildman–Crippen MR) is 42.9 cm³/mol. The second-order valence-corrected chi connectivity index (χ2v) is 2.83. The van der Waals surface area contributed by atoms with E-state index in [4.69, 9.17) is 0 Å². The molecule has 3 heteroatoms. The van der Waals surface area contributed by atoms with Crippen LogP contribution in [-0.2, 0) is 0 Å². The molecule has 0 unspecified atom stereocenters. The fourth-order valence-corrected chi connectivity index (χ4v) is 1.38. The Kier molecular flexibility index (Phi) is 1.24. The normalized spacial score (nSPS) is 10.5. The predicted octanol–water partition coefficient (Wildman–Crippen LogP) is 2.28. The largest absolute Gasteiger partial charge is 0.340 e. The minimum Gasteiger partial charge on any atom is -0.340 e. The van der Waals surface area contributed by atoms with E-state index in [0.717, 1.165) is 15.9 Å². The summed E-state index contributed by atoms with van der Waals surface area (Å²) >= 11 is 3.38. The van der Waals surface area contributed by atoms with Crippen molar-refractivity contribution in [1.82, 2.24) is 9.97 Å². The Hall–Kier alpha value is -0.830. The summed E-state index contributed by atoms with van der Waals surface area (Å²) in [4.78, 5) is 7.08. The lowest BCUT2D eigenvalue weighted by molar-refractivity contribution is 1.15. The van der Waals surface area contributed by atoms with Gasteiger partial charge in [-0.05, 0) is 22.0 Å². The molecular formula is C7H5BrN2. The van der Waals surface area contributed by atoms with Crippen LogP contribution in [0.25, 0.3) is 11.3 Å². The van der Waals surface area contributed by atoms with Gasteiger partial charge in [-0.25, -0.2) is 4.98 Å². The van der Waals surface area contributed by atoms with Crippen LogP contribution in [0, 0.1) is 0 Å². The van der Waals surface area contributed by atoms with Gasteiger partial charge in [0.1, 0.15) is 0 Å². The molecule has 0 fully saturated rings. The van der Waals surface area contributed by atoms with Crippen LogP contribution in [0.4, 0.5) is 0 Å². The molecule has 2 nitrogen and oxygen atoms in total. The molecule has 0 saturated carbocycles. The van der Waals surface area contributed by atoms with Crippen molar-refractivity contribution in [2.45, 2.75) is 0 Å². The van der Waals surface area contributed by atoms with Crippen molar-refractivity contribution in [2.24, 2.45) is 0 Å². The lowest BCUT2D eigenvalue weighted by atomic mass is 10.3. The van der Waals surface area contributed by atoms with Crippen molar-refractivity contribution in [2.75, 3.05) is 0 Å². The molecule has 0 aromatic carbocycles. The van der Waals surface area contributed by atoms with Crippen LogP contribution in [0.2, 0.25) is 0 Å². The number of H-pyrrole nitrogens is 1. The second-order valence-electron chi connectivity index (χ2n) is 2.04. The molecule has 1 aliphatic heterocycles. The number of hydrogen-bond acceptors (Lipinski definition) is 1. The van der Waals surface area contributed by atoms with Gasteiger partial charge in [0.05, 0.1) is 16.6 Å². The molecule has 2 rings (SSSR count). The molecular weight excluding hydrogens is 192 g/mol. The van der Waals surface area contributed by atoms with Crippen molar-refractivity contribution < 1.29 is 0 Å². The van der Waals surface area contributed by atoms with Crippen molar-refractivity contribution in [1.29, 1.82) is 0 Å². The lowest BCUT2D eigenvalue weighted by Gasteiger charge is -1.98. The average Bonchev–Trinajstić information content (AvgIpc) is 2.36. The quantitative estimate of drug-likeness (QED) is 0.644. The first-order valence-corrected chi connectivity index (χ1v) is 3.75. The van der Waals surface area contributed by atoms with Crippen LogP contribution in [0.5, 0.6) is 0 Å². The standard InChI is InChI=1S/C7H5BrN2/c8-7-5-2-1-3-6(5)9-4-10-7/h1-4H,(H,9,10). The molecule has 0 atom stereocenters. The van der Waals surface area contributed by atoms with E-state index in [0.29, 0.717) is 0 Å². The van der Waals surface area contributed by atoms with Gasteiger partial charge < -0.3 is 4.98 Å². The molecule has 0 radical (unpaired) electrons. The first-order valence-electron chi connectivity index (χ1n) is 2.95. The van der Waals surface area contributed by atoms with Crippen molar-refractivity contribution in [3.63, 3.8) is 0 Å². The van der Waals surface area contributed by atoms with Gasteiger partial charge in [0.15, 0.2) is 0 Å². The molecule has 0 spiro atoms. The topological polar surface area (TPSA) is 28.7 Å². The van der Waals surface area contributed by atoms with Gasteiger partial charge in [-0.2, -0.15) is 0 Å². The first kappa shape index (κ1) is 5.92. The Balaban J connectivity index is 2.80. The Labute approximate surface area is 66.8 Å². The van der Waals surface area contributed by atoms with E-state index >= 15 is 0 Å². The highest BCUT2D eigenvalue weighted by Gasteiger charge is 2.04. The third-order valence-corrected chi connectivity index (χ3v) is 2.08. The number of halogens is 1. The third kappa shape index (κ3) is 0.743. The number of fused-ring (bicyclic) bond motifs is 1. The van der Waals surface area contributed by atoms with Crippen LogP contribution in [0.15, 0.2) is 29.1 Å². The van der Waals surface area contributed by atoms with Gasteiger partial charge in [0.25, 0.3) is 0 Å². The monoisotopic (exact) mass is 196 g/mol. The molecule has 1 aliphatic carbocycles. The summed E-state index contributed by atoms with van der Waals surface area (Å²) in [5.41, 5.74) is 2.15. The number of hydrogen-bond donors (Lipinski definition) is 1. The Morgan fingerprint density at radius 3 is 3.10 bits per heavy atom. The smallest absolute Gasteiger partial charge is 0.0934 e. The van der Waals surface area contributed by atoms with Crippen LogP contribution in [-0.4, -0.2) is 9.97 Å². The summed E-state index contributed by atoms with van der Waals surface area (Å²) in [5, 5.41) is 0. The Morgan fingerprint density at radius 2 is 2.30 bits per heavy atom. The van der Waals surface area contributed by atoms with Crippen LogP contribution >= 0.6 is 15.9 Å². The van der Waals surface area contributed by atoms with Gasteiger partial charge in [0, 0.05) is 5.56 Å². The Morgan fingerprint density at radius 1 is 1.40 bits per heavy atom. The number of rotatable bonds is 0. The molecule has 2 aliphatic rings. The fourth-order valence-electron chi connectivity index (χ4n) is 0.945. The zero-order valence-corrected chi connectivity index (χ0v) is 6.72. The van der Waals surface area contributed by atoms with Crippen molar-refractivity contribution in [3.8, 4) is 11.3 Å². The second kappa shape index (κ2) is 2.09. The molecule has 50 valence electrons. The van der Waals surface area contributed by atoms with Crippen molar-refractivity contribution >= 4 is 15.9 Å². The molecule has 1 N–H and O–H groups in total. The molecule has 0 saturated heterocycles. The lowest BCUT2D eigenvalue weighted by Crippen LogP contribution is -1.84. The van der Waals surface area contributed by atoms with E-state index in [2.05, 4.69) is 25.9 Å². The third-order valence-electron chi connectivity index (χ3n) is 1.42. The maximum Gasteiger partial charge on any atom is 0.0934 e. The van der Waals surface area contributed by atoms with E-state index in [1.165, 1.54) is 0 Å². The Bertz CT molecular complexity index is 315. The van der Waals surface area contributed by atoms with Gasteiger partial charge >= 0.3 is 0 Å². The SMILES string of the molecule is Brc1[nH]cnc2cccc1-2. The maximum absolute atomic E-state index is 4.12. The molecule has 0 aromatic heterocycles. The summed E-state index contributed by atoms with van der Waals surface area (Å²) in [7, 11) is 0. The van der Waals surface area contributed by atoms with Crippen LogP contribution in [0.3, 0.4) is 0 Å². The molecule has 0 amide bonds. The zero-order chi connectivity index (χ0) is 6.97. The minimum absolute atomic E-state index is 0.988. The van der Waals surface area contributed by atoms with E-state index in [-0.39, 0.29) is 0 Å². The molecule has 0 aromatic rings. The van der Waals surface area contributed by atoms with E-state index in [1.54, 1.807) is 6.33 Å². The van der Waals surface area contributed by atoms with E-state index < -0.39 is 0 Å². The first-order chi connectivity index (χ1) is 4.88. The number of aromatic nitrogens is 2.